The number of aryl methyl sites for hydroxylation is 1. The normalized spacial score (nSPS) is 19.4. The number of halogens is 3. The molecule has 0 saturated heterocycles. The van der Waals surface area contributed by atoms with E-state index in [9.17, 15) is 18.0 Å². The molecule has 1 aliphatic heterocycles. The Morgan fingerprint density at radius 3 is 2.88 bits per heavy atom. The molecular weight excluding hydrogens is 449 g/mol. The van der Waals surface area contributed by atoms with Crippen molar-refractivity contribution >= 4 is 5.91 Å². The van der Waals surface area contributed by atoms with Gasteiger partial charge in [0.25, 0.3) is 0 Å². The molecule has 0 radical (unpaired) electrons. The minimum Gasteiger partial charge on any atom is -0.406 e. The molecule has 1 aromatic heterocycles. The van der Waals surface area contributed by atoms with E-state index in [1.54, 1.807) is 19.1 Å². The number of aromatic nitrogens is 2. The summed E-state index contributed by atoms with van der Waals surface area (Å²) in [4.78, 5) is 16.9. The number of fused-ring (bicyclic) bond motifs is 1. The SMILES string of the molecule is Cc1noc(C2CC2C(=O)NCc2ccc(-c3cccc(OC(F)(F)F)c3)c3c2CNCC3)n1. The number of nitrogens with zero attached hydrogens (tertiary/aromatic N) is 2. The average molecular weight is 472 g/mol. The van der Waals surface area contributed by atoms with Crippen LogP contribution in [0.1, 0.15) is 40.7 Å². The molecule has 178 valence electrons. The summed E-state index contributed by atoms with van der Waals surface area (Å²) in [7, 11) is 0. The monoisotopic (exact) mass is 472 g/mol. The van der Waals surface area contributed by atoms with Crippen molar-refractivity contribution in [2.24, 2.45) is 5.92 Å². The first-order chi connectivity index (χ1) is 16.3. The van der Waals surface area contributed by atoms with Crippen molar-refractivity contribution in [2.75, 3.05) is 6.54 Å². The molecule has 2 N–H and O–H groups in total. The van der Waals surface area contributed by atoms with Crippen LogP contribution in [0.25, 0.3) is 11.1 Å². The zero-order chi connectivity index (χ0) is 23.9. The number of benzene rings is 2. The van der Waals surface area contributed by atoms with E-state index >= 15 is 0 Å². The van der Waals surface area contributed by atoms with E-state index in [1.165, 1.54) is 12.1 Å². The van der Waals surface area contributed by atoms with Gasteiger partial charge < -0.3 is 19.9 Å². The van der Waals surface area contributed by atoms with Gasteiger partial charge in [-0.05, 0) is 66.3 Å². The number of hydrogen-bond acceptors (Lipinski definition) is 6. The Kier molecular flexibility index (Phi) is 5.76. The van der Waals surface area contributed by atoms with E-state index in [0.717, 1.165) is 35.2 Å². The van der Waals surface area contributed by atoms with Crippen LogP contribution in [0.2, 0.25) is 0 Å². The number of hydrogen-bond donors (Lipinski definition) is 2. The van der Waals surface area contributed by atoms with E-state index in [0.29, 0.717) is 36.8 Å². The predicted molar refractivity (Wildman–Crippen MR) is 116 cm³/mol. The predicted octanol–water partition coefficient (Wildman–Crippen LogP) is 4.01. The Bertz CT molecular complexity index is 1220. The molecule has 1 fully saturated rings. The maximum atomic E-state index is 12.7. The van der Waals surface area contributed by atoms with Crippen LogP contribution < -0.4 is 15.4 Å². The van der Waals surface area contributed by atoms with E-state index < -0.39 is 6.36 Å². The molecule has 0 bridgehead atoms. The number of carbonyl (C=O) groups is 1. The zero-order valence-electron chi connectivity index (χ0n) is 18.4. The van der Waals surface area contributed by atoms with Crippen molar-refractivity contribution in [3.8, 4) is 16.9 Å². The molecule has 1 amide bonds. The summed E-state index contributed by atoms with van der Waals surface area (Å²) >= 11 is 0. The van der Waals surface area contributed by atoms with Crippen LogP contribution in [-0.2, 0) is 24.3 Å². The third-order valence-corrected chi connectivity index (χ3v) is 6.20. The number of rotatable bonds is 6. The molecule has 7 nitrogen and oxygen atoms in total. The average Bonchev–Trinajstić information content (AvgIpc) is 3.49. The van der Waals surface area contributed by atoms with Gasteiger partial charge in [-0.15, -0.1) is 13.2 Å². The maximum Gasteiger partial charge on any atom is 0.573 e. The number of ether oxygens (including phenoxy) is 1. The molecule has 1 aliphatic carbocycles. The molecule has 0 spiro atoms. The second kappa shape index (κ2) is 8.75. The third kappa shape index (κ3) is 4.77. The minimum atomic E-state index is -4.74. The summed E-state index contributed by atoms with van der Waals surface area (Å²) in [5.41, 5.74) is 4.64. The topological polar surface area (TPSA) is 89.3 Å². The summed E-state index contributed by atoms with van der Waals surface area (Å²) in [5.74, 6) is 0.532. The van der Waals surface area contributed by atoms with E-state index in [4.69, 9.17) is 4.52 Å². The highest BCUT2D eigenvalue weighted by molar-refractivity contribution is 5.82. The van der Waals surface area contributed by atoms with Crippen LogP contribution in [0, 0.1) is 12.8 Å². The second-order valence-corrected chi connectivity index (χ2v) is 8.58. The summed E-state index contributed by atoms with van der Waals surface area (Å²) < 4.78 is 47.2. The highest BCUT2D eigenvalue weighted by Crippen LogP contribution is 2.46. The Labute approximate surface area is 193 Å². The molecule has 5 rings (SSSR count). The van der Waals surface area contributed by atoms with Gasteiger partial charge in [0.1, 0.15) is 5.75 Å². The first-order valence-electron chi connectivity index (χ1n) is 11.1. The summed E-state index contributed by atoms with van der Waals surface area (Å²) in [6, 6.07) is 9.84. The fourth-order valence-electron chi connectivity index (χ4n) is 4.51. The Hall–Kier alpha value is -3.40. The molecule has 10 heteroatoms. The smallest absolute Gasteiger partial charge is 0.406 e. The van der Waals surface area contributed by atoms with E-state index in [2.05, 4.69) is 25.5 Å². The Morgan fingerprint density at radius 2 is 2.12 bits per heavy atom. The minimum absolute atomic E-state index is 0.0367. The van der Waals surface area contributed by atoms with Crippen molar-refractivity contribution in [2.45, 2.75) is 45.1 Å². The number of alkyl halides is 3. The van der Waals surface area contributed by atoms with E-state index in [-0.39, 0.29) is 23.5 Å². The van der Waals surface area contributed by atoms with Crippen LogP contribution in [-0.4, -0.2) is 29.0 Å². The zero-order valence-corrected chi connectivity index (χ0v) is 18.4. The molecule has 3 aromatic rings. The van der Waals surface area contributed by atoms with Gasteiger partial charge in [-0.25, -0.2) is 0 Å². The summed E-state index contributed by atoms with van der Waals surface area (Å²) in [6.45, 7) is 3.50. The lowest BCUT2D eigenvalue weighted by Crippen LogP contribution is -2.29. The second-order valence-electron chi connectivity index (χ2n) is 8.58. The number of carbonyl (C=O) groups excluding carboxylic acids is 1. The molecular formula is C24H23F3N4O3. The molecule has 2 unspecified atom stereocenters. The fourth-order valence-corrected chi connectivity index (χ4v) is 4.51. The molecule has 34 heavy (non-hydrogen) atoms. The van der Waals surface area contributed by atoms with E-state index in [1.807, 2.05) is 12.1 Å². The maximum absolute atomic E-state index is 12.7. The largest absolute Gasteiger partial charge is 0.573 e. The van der Waals surface area contributed by atoms with Gasteiger partial charge in [-0.1, -0.05) is 29.4 Å². The molecule has 2 aliphatic rings. The van der Waals surface area contributed by atoms with Gasteiger partial charge >= 0.3 is 6.36 Å². The van der Waals surface area contributed by atoms with Gasteiger partial charge in [0.05, 0.1) is 11.8 Å². The van der Waals surface area contributed by atoms with Crippen molar-refractivity contribution in [1.82, 2.24) is 20.8 Å². The highest BCUT2D eigenvalue weighted by atomic mass is 19.4. The molecule has 2 heterocycles. The first kappa shape index (κ1) is 22.4. The van der Waals surface area contributed by atoms with Crippen molar-refractivity contribution < 1.29 is 27.2 Å². The standard InChI is InChI=1S/C24H23F3N4O3/c1-13-30-23(34-31-13)20-10-19(20)22(32)29-11-15-5-6-17(18-7-8-28-12-21(15)18)14-3-2-4-16(9-14)33-24(25,26)27/h2-6,9,19-20,28H,7-8,10-12H2,1H3,(H,29,32). The third-order valence-electron chi connectivity index (χ3n) is 6.20. The van der Waals surface area contributed by atoms with Crippen LogP contribution in [0.15, 0.2) is 40.9 Å². The van der Waals surface area contributed by atoms with Crippen LogP contribution in [0.4, 0.5) is 13.2 Å². The number of nitrogens with one attached hydrogen (secondary N) is 2. The van der Waals surface area contributed by atoms with Gasteiger partial charge in [0.2, 0.25) is 11.8 Å². The van der Waals surface area contributed by atoms with Gasteiger partial charge in [-0.2, -0.15) is 4.98 Å². The van der Waals surface area contributed by atoms with Gasteiger partial charge in [0.15, 0.2) is 5.82 Å². The van der Waals surface area contributed by atoms with Crippen LogP contribution in [0.5, 0.6) is 5.75 Å². The lowest BCUT2D eigenvalue weighted by Gasteiger charge is -2.24. The van der Waals surface area contributed by atoms with Crippen LogP contribution in [0.3, 0.4) is 0 Å². The lowest BCUT2D eigenvalue weighted by molar-refractivity contribution is -0.274. The Balaban J connectivity index is 1.32. The van der Waals surface area contributed by atoms with Crippen molar-refractivity contribution in [3.63, 3.8) is 0 Å². The van der Waals surface area contributed by atoms with Gasteiger partial charge in [-0.3, -0.25) is 4.79 Å². The van der Waals surface area contributed by atoms with Crippen LogP contribution >= 0.6 is 0 Å². The Morgan fingerprint density at radius 1 is 1.26 bits per heavy atom. The quantitative estimate of drug-likeness (QED) is 0.564. The number of amides is 1. The molecule has 2 aromatic carbocycles. The van der Waals surface area contributed by atoms with Crippen molar-refractivity contribution in [1.29, 1.82) is 0 Å². The summed E-state index contributed by atoms with van der Waals surface area (Å²) in [6.07, 6.45) is -3.33. The fraction of sp³-hybridized carbons (Fsp3) is 0.375. The highest BCUT2D eigenvalue weighted by Gasteiger charge is 2.47. The summed E-state index contributed by atoms with van der Waals surface area (Å²) in [5, 5.41) is 10.1. The van der Waals surface area contributed by atoms with Crippen molar-refractivity contribution in [3.05, 3.63) is 64.8 Å². The molecule has 1 saturated carbocycles. The first-order valence-corrected chi connectivity index (χ1v) is 11.1. The lowest BCUT2D eigenvalue weighted by atomic mass is 9.88. The molecule has 2 atom stereocenters. The van der Waals surface area contributed by atoms with Gasteiger partial charge in [0, 0.05) is 13.1 Å².